The number of anilines is 2. The van der Waals surface area contributed by atoms with Crippen molar-refractivity contribution in [3.05, 3.63) is 40.7 Å². The Bertz CT molecular complexity index is 706. The van der Waals surface area contributed by atoms with E-state index in [2.05, 4.69) is 20.0 Å². The molecule has 1 aliphatic rings. The number of nitrogens with zero attached hydrogens (tertiary/aromatic N) is 3. The van der Waals surface area contributed by atoms with Crippen LogP contribution in [0, 0.1) is 0 Å². The maximum Gasteiger partial charge on any atom is 0.266 e. The maximum absolute atomic E-state index is 11.6. The number of fused-ring (bicyclic) bond motifs is 2. The predicted molar refractivity (Wildman–Crippen MR) is 96.0 cm³/mol. The molecule has 0 fully saturated rings. The van der Waals surface area contributed by atoms with Crippen LogP contribution in [0.5, 0.6) is 11.6 Å². The number of ether oxygens (including phenoxy) is 1. The van der Waals surface area contributed by atoms with Gasteiger partial charge in [0.2, 0.25) is 0 Å². The number of aromatic nitrogens is 2. The Balaban J connectivity index is 0.00000132. The molecule has 1 aliphatic heterocycles. The van der Waals surface area contributed by atoms with Gasteiger partial charge in [-0.3, -0.25) is 4.79 Å². The van der Waals surface area contributed by atoms with E-state index in [1.807, 2.05) is 38.4 Å². The summed E-state index contributed by atoms with van der Waals surface area (Å²) in [5, 5.41) is 6.42. The van der Waals surface area contributed by atoms with E-state index in [4.69, 9.17) is 4.74 Å². The van der Waals surface area contributed by atoms with Gasteiger partial charge in [-0.2, -0.15) is 0 Å². The molecule has 23 heavy (non-hydrogen) atoms. The first-order valence-corrected chi connectivity index (χ1v) is 6.94. The topological polar surface area (TPSA) is 61.5 Å². The van der Waals surface area contributed by atoms with E-state index >= 15 is 0 Å². The molecule has 2 aromatic rings. The van der Waals surface area contributed by atoms with E-state index in [9.17, 15) is 4.79 Å². The van der Waals surface area contributed by atoms with Crippen molar-refractivity contribution in [1.82, 2.24) is 15.1 Å². The Labute approximate surface area is 147 Å². The molecule has 3 rings (SSSR count). The average molecular weight is 359 g/mol. The molecule has 0 bridgehead atoms. The van der Waals surface area contributed by atoms with Gasteiger partial charge in [0, 0.05) is 12.6 Å². The standard InChI is InChI=1S/C15H18N4O2.2ClH/c1-18(2)8-5-9-19-11-6-3-4-7-13(11)21-15-12(19)10-14(20)16-17-15;;/h3-4,6-7,10H,5,8-9H2,1-2H3,(H,16,20);2*1H. The number of H-pyrrole nitrogens is 1. The highest BCUT2D eigenvalue weighted by molar-refractivity contribution is 5.85. The molecule has 126 valence electrons. The number of benzene rings is 1. The van der Waals surface area contributed by atoms with Crippen LogP contribution in [-0.4, -0.2) is 42.3 Å². The van der Waals surface area contributed by atoms with Crippen LogP contribution in [0.2, 0.25) is 0 Å². The predicted octanol–water partition coefficient (Wildman–Crippen LogP) is 2.81. The van der Waals surface area contributed by atoms with Crippen LogP contribution < -0.4 is 15.2 Å². The Morgan fingerprint density at radius 1 is 1.22 bits per heavy atom. The van der Waals surface area contributed by atoms with Crippen molar-refractivity contribution in [3.63, 3.8) is 0 Å². The van der Waals surface area contributed by atoms with Crippen molar-refractivity contribution >= 4 is 36.2 Å². The number of para-hydroxylation sites is 2. The lowest BCUT2D eigenvalue weighted by Gasteiger charge is -2.31. The van der Waals surface area contributed by atoms with Crippen LogP contribution in [0.1, 0.15) is 6.42 Å². The molecule has 1 aromatic carbocycles. The van der Waals surface area contributed by atoms with Gasteiger partial charge in [-0.1, -0.05) is 12.1 Å². The van der Waals surface area contributed by atoms with Gasteiger partial charge in [-0.05, 0) is 39.2 Å². The average Bonchev–Trinajstić information content (AvgIpc) is 2.46. The van der Waals surface area contributed by atoms with Crippen LogP contribution >= 0.6 is 24.8 Å². The molecular weight excluding hydrogens is 339 g/mol. The molecule has 0 radical (unpaired) electrons. The molecular formula is C15H20Cl2N4O2. The Kier molecular flexibility index (Phi) is 6.87. The normalized spacial score (nSPS) is 11.7. The van der Waals surface area contributed by atoms with E-state index in [0.717, 1.165) is 36.6 Å². The Hall–Kier alpha value is -1.76. The minimum absolute atomic E-state index is 0. The SMILES string of the molecule is CN(C)CCCN1c2ccccc2Oc2n[nH]c(=O)cc21.Cl.Cl. The lowest BCUT2D eigenvalue weighted by Crippen LogP contribution is -2.27. The number of hydrogen-bond acceptors (Lipinski definition) is 5. The molecule has 0 aliphatic carbocycles. The molecule has 1 N–H and O–H groups in total. The van der Waals surface area contributed by atoms with Gasteiger partial charge < -0.3 is 14.5 Å². The van der Waals surface area contributed by atoms with E-state index in [-0.39, 0.29) is 30.4 Å². The van der Waals surface area contributed by atoms with Gasteiger partial charge in [0.15, 0.2) is 5.75 Å². The molecule has 0 spiro atoms. The van der Waals surface area contributed by atoms with Crippen molar-refractivity contribution in [2.45, 2.75) is 6.42 Å². The van der Waals surface area contributed by atoms with Gasteiger partial charge in [0.25, 0.3) is 11.4 Å². The second-order valence-corrected chi connectivity index (χ2v) is 5.30. The fraction of sp³-hybridized carbons (Fsp3) is 0.333. The van der Waals surface area contributed by atoms with E-state index < -0.39 is 0 Å². The molecule has 0 amide bonds. The summed E-state index contributed by atoms with van der Waals surface area (Å²) < 4.78 is 5.76. The van der Waals surface area contributed by atoms with E-state index in [1.165, 1.54) is 6.07 Å². The van der Waals surface area contributed by atoms with Gasteiger partial charge in [-0.15, -0.1) is 29.9 Å². The minimum Gasteiger partial charge on any atom is -0.434 e. The van der Waals surface area contributed by atoms with Crippen LogP contribution in [0.4, 0.5) is 11.4 Å². The van der Waals surface area contributed by atoms with Crippen LogP contribution in [-0.2, 0) is 0 Å². The molecule has 0 unspecified atom stereocenters. The smallest absolute Gasteiger partial charge is 0.266 e. The Morgan fingerprint density at radius 3 is 2.70 bits per heavy atom. The molecule has 1 aromatic heterocycles. The quantitative estimate of drug-likeness (QED) is 0.910. The van der Waals surface area contributed by atoms with Crippen molar-refractivity contribution in [3.8, 4) is 11.6 Å². The zero-order valence-electron chi connectivity index (χ0n) is 13.0. The van der Waals surface area contributed by atoms with Crippen molar-refractivity contribution in [2.24, 2.45) is 0 Å². The summed E-state index contributed by atoms with van der Waals surface area (Å²) in [5.41, 5.74) is 1.46. The number of nitrogens with one attached hydrogen (secondary N) is 1. The summed E-state index contributed by atoms with van der Waals surface area (Å²) >= 11 is 0. The molecule has 0 saturated heterocycles. The lowest BCUT2D eigenvalue weighted by atomic mass is 10.2. The summed E-state index contributed by atoms with van der Waals surface area (Å²) in [6.07, 6.45) is 0.980. The first kappa shape index (κ1) is 19.3. The largest absolute Gasteiger partial charge is 0.434 e. The second kappa shape index (κ2) is 8.19. The third-order valence-corrected chi connectivity index (χ3v) is 3.40. The molecule has 0 atom stereocenters. The number of halogens is 2. The first-order chi connectivity index (χ1) is 10.1. The molecule has 0 saturated carbocycles. The zero-order valence-corrected chi connectivity index (χ0v) is 14.6. The highest BCUT2D eigenvalue weighted by Crippen LogP contribution is 2.44. The maximum atomic E-state index is 11.6. The van der Waals surface area contributed by atoms with Gasteiger partial charge >= 0.3 is 0 Å². The van der Waals surface area contributed by atoms with Gasteiger partial charge in [0.05, 0.1) is 5.69 Å². The highest BCUT2D eigenvalue weighted by Gasteiger charge is 2.25. The summed E-state index contributed by atoms with van der Waals surface area (Å²) in [6, 6.07) is 9.33. The zero-order chi connectivity index (χ0) is 14.8. The molecule has 6 nitrogen and oxygen atoms in total. The Morgan fingerprint density at radius 2 is 1.96 bits per heavy atom. The fourth-order valence-electron chi connectivity index (χ4n) is 2.44. The first-order valence-electron chi connectivity index (χ1n) is 6.94. The van der Waals surface area contributed by atoms with Crippen LogP contribution in [0.3, 0.4) is 0 Å². The van der Waals surface area contributed by atoms with Crippen LogP contribution in [0.25, 0.3) is 0 Å². The second-order valence-electron chi connectivity index (χ2n) is 5.30. The van der Waals surface area contributed by atoms with Gasteiger partial charge in [-0.25, -0.2) is 5.10 Å². The summed E-state index contributed by atoms with van der Waals surface area (Å²) in [7, 11) is 4.10. The summed E-state index contributed by atoms with van der Waals surface area (Å²) in [5.74, 6) is 1.20. The summed E-state index contributed by atoms with van der Waals surface area (Å²) in [4.78, 5) is 15.8. The van der Waals surface area contributed by atoms with Gasteiger partial charge in [0.1, 0.15) is 5.69 Å². The number of rotatable bonds is 4. The monoisotopic (exact) mass is 358 g/mol. The lowest BCUT2D eigenvalue weighted by molar-refractivity contribution is 0.399. The minimum atomic E-state index is -0.227. The van der Waals surface area contributed by atoms with Crippen molar-refractivity contribution < 1.29 is 4.74 Å². The fourth-order valence-corrected chi connectivity index (χ4v) is 2.44. The summed E-state index contributed by atoms with van der Waals surface area (Å²) in [6.45, 7) is 1.78. The van der Waals surface area contributed by atoms with Crippen LogP contribution in [0.15, 0.2) is 35.1 Å². The number of hydrogen-bond donors (Lipinski definition) is 1. The third-order valence-electron chi connectivity index (χ3n) is 3.40. The van der Waals surface area contributed by atoms with Crippen molar-refractivity contribution in [2.75, 3.05) is 32.1 Å². The highest BCUT2D eigenvalue weighted by atomic mass is 35.5. The third kappa shape index (κ3) is 4.16. The molecule has 2 heterocycles. The van der Waals surface area contributed by atoms with E-state index in [0.29, 0.717) is 5.88 Å². The molecule has 8 heteroatoms. The van der Waals surface area contributed by atoms with E-state index in [1.54, 1.807) is 0 Å². The number of aromatic amines is 1. The van der Waals surface area contributed by atoms with Crippen molar-refractivity contribution in [1.29, 1.82) is 0 Å².